The van der Waals surface area contributed by atoms with E-state index in [4.69, 9.17) is 5.73 Å². The second-order valence-electron chi connectivity index (χ2n) is 6.18. The topological polar surface area (TPSA) is 55.1 Å². The predicted molar refractivity (Wildman–Crippen MR) is 78.7 cm³/mol. The third kappa shape index (κ3) is 3.35. The highest BCUT2D eigenvalue weighted by Crippen LogP contribution is 2.41. The van der Waals surface area contributed by atoms with Crippen molar-refractivity contribution in [2.24, 2.45) is 17.1 Å². The van der Waals surface area contributed by atoms with Crippen molar-refractivity contribution in [3.8, 4) is 0 Å². The molecule has 0 aliphatic heterocycles. The molecule has 1 aromatic rings. The molecular formula is C16H24N2O. The summed E-state index contributed by atoms with van der Waals surface area (Å²) >= 11 is 0. The lowest BCUT2D eigenvalue weighted by molar-refractivity contribution is -0.124. The average molecular weight is 260 g/mol. The fraction of sp³-hybridized carbons (Fsp3) is 0.562. The first-order valence-electron chi connectivity index (χ1n) is 7.13. The van der Waals surface area contributed by atoms with Crippen LogP contribution in [-0.4, -0.2) is 5.91 Å². The molecule has 19 heavy (non-hydrogen) atoms. The van der Waals surface area contributed by atoms with Gasteiger partial charge >= 0.3 is 0 Å². The number of anilines is 1. The molecule has 3 heteroatoms. The number of hydrogen-bond acceptors (Lipinski definition) is 2. The van der Waals surface area contributed by atoms with Crippen LogP contribution in [0.15, 0.2) is 24.3 Å². The molecule has 1 aliphatic carbocycles. The maximum atomic E-state index is 12.4. The number of nitrogens with one attached hydrogen (secondary N) is 1. The molecule has 0 saturated heterocycles. The van der Waals surface area contributed by atoms with Gasteiger partial charge in [0.05, 0.1) is 0 Å². The van der Waals surface area contributed by atoms with Gasteiger partial charge in [0.1, 0.15) is 0 Å². The largest absolute Gasteiger partial charge is 0.326 e. The van der Waals surface area contributed by atoms with Gasteiger partial charge in [0.25, 0.3) is 0 Å². The van der Waals surface area contributed by atoms with Gasteiger partial charge in [0, 0.05) is 18.2 Å². The van der Waals surface area contributed by atoms with Crippen molar-refractivity contribution in [1.29, 1.82) is 0 Å². The molecule has 1 amide bonds. The zero-order chi connectivity index (χ0) is 13.9. The Morgan fingerprint density at radius 3 is 2.58 bits per heavy atom. The van der Waals surface area contributed by atoms with E-state index in [2.05, 4.69) is 19.2 Å². The van der Waals surface area contributed by atoms with Crippen LogP contribution in [0.3, 0.4) is 0 Å². The van der Waals surface area contributed by atoms with Crippen LogP contribution in [0.2, 0.25) is 0 Å². The Kier molecular flexibility index (Phi) is 4.25. The molecule has 2 rings (SSSR count). The van der Waals surface area contributed by atoms with Crippen LogP contribution in [-0.2, 0) is 11.3 Å². The average Bonchev–Trinajstić information content (AvgIpc) is 2.39. The van der Waals surface area contributed by atoms with Crippen molar-refractivity contribution in [2.75, 3.05) is 5.32 Å². The maximum Gasteiger partial charge on any atom is 0.228 e. The summed E-state index contributed by atoms with van der Waals surface area (Å²) in [5.41, 5.74) is 7.62. The molecule has 1 fully saturated rings. The van der Waals surface area contributed by atoms with Crippen LogP contribution in [0.1, 0.15) is 45.1 Å². The first kappa shape index (κ1) is 14.1. The van der Waals surface area contributed by atoms with Gasteiger partial charge in [-0.3, -0.25) is 4.79 Å². The fourth-order valence-corrected chi connectivity index (χ4v) is 2.93. The number of nitrogens with two attached hydrogens (primary N) is 1. The minimum atomic E-state index is 0.111. The summed E-state index contributed by atoms with van der Waals surface area (Å²) in [4.78, 5) is 12.4. The van der Waals surface area contributed by atoms with Crippen molar-refractivity contribution < 1.29 is 4.79 Å². The van der Waals surface area contributed by atoms with E-state index in [1.54, 1.807) is 0 Å². The standard InChI is InChI=1S/C16H24N2O/c1-16(2)10-4-3-5-14(16)15(19)18-13-8-6-12(11-17)7-9-13/h6-9,14H,3-5,10-11,17H2,1-2H3,(H,18,19). The first-order chi connectivity index (χ1) is 9.03. The van der Waals surface area contributed by atoms with Crippen molar-refractivity contribution >= 4 is 11.6 Å². The normalized spacial score (nSPS) is 21.9. The second kappa shape index (κ2) is 5.74. The van der Waals surface area contributed by atoms with Crippen molar-refractivity contribution in [3.05, 3.63) is 29.8 Å². The van der Waals surface area contributed by atoms with Crippen LogP contribution in [0, 0.1) is 11.3 Å². The van der Waals surface area contributed by atoms with Crippen LogP contribution >= 0.6 is 0 Å². The molecule has 1 saturated carbocycles. The van der Waals surface area contributed by atoms with Gasteiger partial charge in [0.2, 0.25) is 5.91 Å². The lowest BCUT2D eigenvalue weighted by atomic mass is 9.68. The highest BCUT2D eigenvalue weighted by Gasteiger charge is 2.36. The van der Waals surface area contributed by atoms with E-state index in [0.717, 1.165) is 30.5 Å². The van der Waals surface area contributed by atoms with Gasteiger partial charge in [0.15, 0.2) is 0 Å². The minimum Gasteiger partial charge on any atom is -0.326 e. The molecular weight excluding hydrogens is 236 g/mol. The van der Waals surface area contributed by atoms with Gasteiger partial charge < -0.3 is 11.1 Å². The molecule has 104 valence electrons. The third-order valence-electron chi connectivity index (χ3n) is 4.28. The molecule has 0 spiro atoms. The van der Waals surface area contributed by atoms with Crippen molar-refractivity contribution in [3.63, 3.8) is 0 Å². The molecule has 0 aromatic heterocycles. The number of rotatable bonds is 3. The van der Waals surface area contributed by atoms with E-state index < -0.39 is 0 Å². The number of carbonyl (C=O) groups is 1. The van der Waals surface area contributed by atoms with Crippen LogP contribution in [0.25, 0.3) is 0 Å². The van der Waals surface area contributed by atoms with E-state index in [9.17, 15) is 4.79 Å². The third-order valence-corrected chi connectivity index (χ3v) is 4.28. The lowest BCUT2D eigenvalue weighted by Gasteiger charge is -2.37. The van der Waals surface area contributed by atoms with Gasteiger partial charge in [-0.25, -0.2) is 0 Å². The van der Waals surface area contributed by atoms with Gasteiger partial charge in [-0.1, -0.05) is 38.8 Å². The second-order valence-corrected chi connectivity index (χ2v) is 6.18. The smallest absolute Gasteiger partial charge is 0.228 e. The Hall–Kier alpha value is -1.35. The maximum absolute atomic E-state index is 12.4. The van der Waals surface area contributed by atoms with E-state index in [0.29, 0.717) is 6.54 Å². The number of carbonyl (C=O) groups excluding carboxylic acids is 1. The Morgan fingerprint density at radius 1 is 1.32 bits per heavy atom. The van der Waals surface area contributed by atoms with Crippen molar-refractivity contribution in [1.82, 2.24) is 0 Å². The Morgan fingerprint density at radius 2 is 2.00 bits per heavy atom. The minimum absolute atomic E-state index is 0.111. The van der Waals surface area contributed by atoms with Crippen LogP contribution < -0.4 is 11.1 Å². The number of amides is 1. The summed E-state index contributed by atoms with van der Waals surface area (Å²) < 4.78 is 0. The van der Waals surface area contributed by atoms with E-state index in [1.807, 2.05) is 24.3 Å². The molecule has 3 nitrogen and oxygen atoms in total. The highest BCUT2D eigenvalue weighted by atomic mass is 16.1. The number of hydrogen-bond donors (Lipinski definition) is 2. The first-order valence-corrected chi connectivity index (χ1v) is 7.13. The summed E-state index contributed by atoms with van der Waals surface area (Å²) in [6, 6.07) is 7.77. The molecule has 0 radical (unpaired) electrons. The molecule has 3 N–H and O–H groups in total. The summed E-state index contributed by atoms with van der Waals surface area (Å²) in [5, 5.41) is 3.04. The Balaban J connectivity index is 2.03. The molecule has 1 unspecified atom stereocenters. The lowest BCUT2D eigenvalue weighted by Crippen LogP contribution is -2.37. The zero-order valence-corrected chi connectivity index (χ0v) is 11.9. The van der Waals surface area contributed by atoms with Crippen molar-refractivity contribution in [2.45, 2.75) is 46.1 Å². The molecule has 1 aliphatic rings. The summed E-state index contributed by atoms with van der Waals surface area (Å²) in [5.74, 6) is 0.278. The monoisotopic (exact) mass is 260 g/mol. The summed E-state index contributed by atoms with van der Waals surface area (Å²) in [6.07, 6.45) is 4.53. The zero-order valence-electron chi connectivity index (χ0n) is 11.9. The molecule has 0 bridgehead atoms. The van der Waals surface area contributed by atoms with E-state index >= 15 is 0 Å². The Labute approximate surface area is 115 Å². The summed E-state index contributed by atoms with van der Waals surface area (Å²) in [7, 11) is 0. The SMILES string of the molecule is CC1(C)CCCCC1C(=O)Nc1ccc(CN)cc1. The highest BCUT2D eigenvalue weighted by molar-refractivity contribution is 5.93. The van der Waals surface area contributed by atoms with Gasteiger partial charge in [-0.15, -0.1) is 0 Å². The van der Waals surface area contributed by atoms with Crippen LogP contribution in [0.4, 0.5) is 5.69 Å². The molecule has 1 atom stereocenters. The van der Waals surface area contributed by atoms with E-state index in [1.165, 1.54) is 6.42 Å². The number of benzene rings is 1. The quantitative estimate of drug-likeness (QED) is 0.876. The van der Waals surface area contributed by atoms with Crippen LogP contribution in [0.5, 0.6) is 0 Å². The molecule has 1 aromatic carbocycles. The summed E-state index contributed by atoms with van der Waals surface area (Å²) in [6.45, 7) is 4.94. The molecule has 0 heterocycles. The van der Waals surface area contributed by atoms with E-state index in [-0.39, 0.29) is 17.2 Å². The van der Waals surface area contributed by atoms with Gasteiger partial charge in [-0.05, 0) is 36.0 Å². The Bertz CT molecular complexity index is 437. The fourth-order valence-electron chi connectivity index (χ4n) is 2.93. The predicted octanol–water partition coefficient (Wildman–Crippen LogP) is 3.30. The van der Waals surface area contributed by atoms with Gasteiger partial charge in [-0.2, -0.15) is 0 Å².